The van der Waals surface area contributed by atoms with Gasteiger partial charge >= 0.3 is 5.97 Å². The molecule has 0 aliphatic heterocycles. The van der Waals surface area contributed by atoms with Gasteiger partial charge in [0, 0.05) is 17.5 Å². The Hall–Kier alpha value is -1.65. The van der Waals surface area contributed by atoms with Crippen LogP contribution >= 0.6 is 11.3 Å². The third-order valence-corrected chi connectivity index (χ3v) is 4.33. The summed E-state index contributed by atoms with van der Waals surface area (Å²) in [6.07, 6.45) is 1.02. The van der Waals surface area contributed by atoms with E-state index in [9.17, 15) is 4.79 Å². The van der Waals surface area contributed by atoms with Crippen LogP contribution in [0.15, 0.2) is 41.8 Å². The first kappa shape index (κ1) is 14.8. The molecule has 3 nitrogen and oxygen atoms in total. The van der Waals surface area contributed by atoms with Gasteiger partial charge < -0.3 is 5.11 Å². The number of benzene rings is 1. The van der Waals surface area contributed by atoms with E-state index >= 15 is 0 Å². The van der Waals surface area contributed by atoms with E-state index in [4.69, 9.17) is 5.11 Å². The number of hydrogen-bond donors (Lipinski definition) is 1. The summed E-state index contributed by atoms with van der Waals surface area (Å²) in [5, 5.41) is 11.1. The Balaban J connectivity index is 1.98. The fraction of sp³-hybridized carbons (Fsp3) is 0.312. The second kappa shape index (κ2) is 6.68. The SMILES string of the molecule is CC(Cc1cccs1)N(C)Cc1cccc(C(=O)O)c1. The van der Waals surface area contributed by atoms with Crippen LogP contribution in [-0.2, 0) is 13.0 Å². The van der Waals surface area contributed by atoms with Gasteiger partial charge in [0.05, 0.1) is 5.56 Å². The molecule has 1 atom stereocenters. The van der Waals surface area contributed by atoms with Crippen molar-refractivity contribution in [2.45, 2.75) is 25.9 Å². The van der Waals surface area contributed by atoms with Crippen LogP contribution in [0.5, 0.6) is 0 Å². The molecule has 106 valence electrons. The van der Waals surface area contributed by atoms with Crippen LogP contribution < -0.4 is 0 Å². The molecule has 0 amide bonds. The van der Waals surface area contributed by atoms with Crippen molar-refractivity contribution in [3.8, 4) is 0 Å². The largest absolute Gasteiger partial charge is 0.478 e. The second-order valence-electron chi connectivity index (χ2n) is 5.05. The summed E-state index contributed by atoms with van der Waals surface area (Å²) < 4.78 is 0. The van der Waals surface area contributed by atoms with E-state index in [1.54, 1.807) is 29.5 Å². The molecule has 4 heteroatoms. The quantitative estimate of drug-likeness (QED) is 0.884. The van der Waals surface area contributed by atoms with Crippen LogP contribution in [0.4, 0.5) is 0 Å². The van der Waals surface area contributed by atoms with Crippen molar-refractivity contribution in [3.63, 3.8) is 0 Å². The van der Waals surface area contributed by atoms with Gasteiger partial charge in [0.1, 0.15) is 0 Å². The van der Waals surface area contributed by atoms with E-state index in [0.717, 1.165) is 18.5 Å². The van der Waals surface area contributed by atoms with E-state index in [2.05, 4.69) is 36.4 Å². The highest BCUT2D eigenvalue weighted by atomic mass is 32.1. The maximum atomic E-state index is 11.0. The summed E-state index contributed by atoms with van der Waals surface area (Å²) in [6, 6.07) is 11.8. The molecular formula is C16H19NO2S. The molecule has 20 heavy (non-hydrogen) atoms. The van der Waals surface area contributed by atoms with Gasteiger partial charge in [-0.05, 0) is 49.5 Å². The highest BCUT2D eigenvalue weighted by molar-refractivity contribution is 7.09. The highest BCUT2D eigenvalue weighted by Gasteiger charge is 2.12. The van der Waals surface area contributed by atoms with E-state index in [1.807, 2.05) is 6.07 Å². The summed E-state index contributed by atoms with van der Waals surface area (Å²) >= 11 is 1.78. The minimum atomic E-state index is -0.874. The molecule has 0 spiro atoms. The van der Waals surface area contributed by atoms with Crippen molar-refractivity contribution in [3.05, 3.63) is 57.8 Å². The van der Waals surface area contributed by atoms with Crippen LogP contribution in [-0.4, -0.2) is 29.1 Å². The molecule has 2 rings (SSSR count). The molecule has 1 unspecified atom stereocenters. The van der Waals surface area contributed by atoms with Gasteiger partial charge in [-0.15, -0.1) is 11.3 Å². The highest BCUT2D eigenvalue weighted by Crippen LogP contribution is 2.15. The number of carboxylic acids is 1. The Labute approximate surface area is 123 Å². The molecule has 0 aliphatic carbocycles. The Kier molecular flexibility index (Phi) is 4.93. The minimum Gasteiger partial charge on any atom is -0.478 e. The normalized spacial score (nSPS) is 12.6. The summed E-state index contributed by atoms with van der Waals surface area (Å²) in [6.45, 7) is 2.95. The lowest BCUT2D eigenvalue weighted by Crippen LogP contribution is -2.30. The molecule has 1 aromatic carbocycles. The molecular weight excluding hydrogens is 270 g/mol. The van der Waals surface area contributed by atoms with Crippen LogP contribution in [0.2, 0.25) is 0 Å². The summed E-state index contributed by atoms with van der Waals surface area (Å²) in [5.41, 5.74) is 1.38. The average molecular weight is 289 g/mol. The molecule has 2 aromatic rings. The molecule has 1 heterocycles. The van der Waals surface area contributed by atoms with Crippen LogP contribution in [0, 0.1) is 0 Å². The zero-order valence-electron chi connectivity index (χ0n) is 11.7. The van der Waals surface area contributed by atoms with Gasteiger partial charge in [0.2, 0.25) is 0 Å². The average Bonchev–Trinajstić information content (AvgIpc) is 2.91. The lowest BCUT2D eigenvalue weighted by Gasteiger charge is -2.24. The van der Waals surface area contributed by atoms with Crippen LogP contribution in [0.3, 0.4) is 0 Å². The standard InChI is InChI=1S/C16H19NO2S/c1-12(9-15-7-4-8-20-15)17(2)11-13-5-3-6-14(10-13)16(18)19/h3-8,10,12H,9,11H2,1-2H3,(H,18,19). The zero-order chi connectivity index (χ0) is 14.5. The fourth-order valence-corrected chi connectivity index (χ4v) is 2.95. The van der Waals surface area contributed by atoms with Gasteiger partial charge in [-0.1, -0.05) is 18.2 Å². The minimum absolute atomic E-state index is 0.349. The number of thiophene rings is 1. The summed E-state index contributed by atoms with van der Waals surface area (Å²) in [5.74, 6) is -0.874. The zero-order valence-corrected chi connectivity index (χ0v) is 12.6. The third-order valence-electron chi connectivity index (χ3n) is 3.44. The Morgan fingerprint density at radius 2 is 2.15 bits per heavy atom. The molecule has 0 fully saturated rings. The van der Waals surface area contributed by atoms with E-state index in [1.165, 1.54) is 4.88 Å². The monoisotopic (exact) mass is 289 g/mol. The smallest absolute Gasteiger partial charge is 0.335 e. The van der Waals surface area contributed by atoms with Crippen molar-refractivity contribution in [1.82, 2.24) is 4.90 Å². The number of carbonyl (C=O) groups is 1. The molecule has 0 saturated heterocycles. The van der Waals surface area contributed by atoms with Gasteiger partial charge in [-0.3, -0.25) is 4.90 Å². The Bertz CT molecular complexity index is 566. The van der Waals surface area contributed by atoms with Gasteiger partial charge in [0.15, 0.2) is 0 Å². The number of nitrogens with zero attached hydrogens (tertiary/aromatic N) is 1. The first-order valence-electron chi connectivity index (χ1n) is 6.61. The van der Waals surface area contributed by atoms with Gasteiger partial charge in [-0.2, -0.15) is 0 Å². The molecule has 0 aliphatic rings. The van der Waals surface area contributed by atoms with Gasteiger partial charge in [-0.25, -0.2) is 4.79 Å². The fourth-order valence-electron chi connectivity index (χ4n) is 2.12. The van der Waals surface area contributed by atoms with Crippen molar-refractivity contribution in [1.29, 1.82) is 0 Å². The van der Waals surface area contributed by atoms with Crippen molar-refractivity contribution in [2.24, 2.45) is 0 Å². The summed E-state index contributed by atoms with van der Waals surface area (Å²) in [7, 11) is 2.08. The van der Waals surface area contributed by atoms with Crippen LogP contribution in [0.25, 0.3) is 0 Å². The number of hydrogen-bond acceptors (Lipinski definition) is 3. The van der Waals surface area contributed by atoms with Crippen molar-refractivity contribution < 1.29 is 9.90 Å². The van der Waals surface area contributed by atoms with Gasteiger partial charge in [0.25, 0.3) is 0 Å². The van der Waals surface area contributed by atoms with Crippen molar-refractivity contribution in [2.75, 3.05) is 7.05 Å². The number of aromatic carboxylic acids is 1. The topological polar surface area (TPSA) is 40.5 Å². The Morgan fingerprint density at radius 1 is 1.35 bits per heavy atom. The van der Waals surface area contributed by atoms with E-state index in [0.29, 0.717) is 11.6 Å². The number of rotatable bonds is 6. The molecule has 1 aromatic heterocycles. The molecule has 0 saturated carbocycles. The maximum Gasteiger partial charge on any atom is 0.335 e. The first-order valence-corrected chi connectivity index (χ1v) is 7.49. The maximum absolute atomic E-state index is 11.0. The predicted molar refractivity (Wildman–Crippen MR) is 82.4 cm³/mol. The summed E-state index contributed by atoms with van der Waals surface area (Å²) in [4.78, 5) is 14.6. The molecule has 1 N–H and O–H groups in total. The van der Waals surface area contributed by atoms with E-state index in [-0.39, 0.29) is 0 Å². The van der Waals surface area contributed by atoms with Crippen LogP contribution in [0.1, 0.15) is 27.7 Å². The lowest BCUT2D eigenvalue weighted by molar-refractivity contribution is 0.0696. The number of likely N-dealkylation sites (N-methyl/N-ethyl adjacent to an activating group) is 1. The lowest BCUT2D eigenvalue weighted by atomic mass is 10.1. The Morgan fingerprint density at radius 3 is 2.80 bits per heavy atom. The first-order chi connectivity index (χ1) is 9.56. The number of carboxylic acid groups (broad SMARTS) is 1. The molecule has 0 bridgehead atoms. The third kappa shape index (κ3) is 3.92. The van der Waals surface area contributed by atoms with Crippen molar-refractivity contribution >= 4 is 17.3 Å². The predicted octanol–water partition coefficient (Wildman–Crippen LogP) is 3.51. The molecule has 0 radical (unpaired) electrons. The van der Waals surface area contributed by atoms with E-state index < -0.39 is 5.97 Å². The second-order valence-corrected chi connectivity index (χ2v) is 6.09.